The molecule has 160 valence electrons. The van der Waals surface area contributed by atoms with E-state index in [0.717, 1.165) is 26.2 Å². The number of nitrogens with two attached hydrogens (primary N) is 1. The van der Waals surface area contributed by atoms with Gasteiger partial charge in [-0.15, -0.1) is 10.2 Å². The summed E-state index contributed by atoms with van der Waals surface area (Å²) in [6, 6.07) is 13.6. The summed E-state index contributed by atoms with van der Waals surface area (Å²) in [5.41, 5.74) is 11.6. The molecule has 1 aromatic carbocycles. The van der Waals surface area contributed by atoms with Crippen molar-refractivity contribution in [3.05, 3.63) is 73.7 Å². The highest BCUT2D eigenvalue weighted by Crippen LogP contribution is 2.35. The Morgan fingerprint density at radius 1 is 1.09 bits per heavy atom. The van der Waals surface area contributed by atoms with Crippen molar-refractivity contribution >= 4 is 34.2 Å². The van der Waals surface area contributed by atoms with Crippen LogP contribution in [0.2, 0.25) is 0 Å². The zero-order chi connectivity index (χ0) is 22.4. The normalized spacial score (nSPS) is 11.3. The second-order valence-electron chi connectivity index (χ2n) is 7.36. The monoisotopic (exact) mass is 539 g/mol. The molecule has 0 bridgehead atoms. The first-order valence-corrected chi connectivity index (χ1v) is 10.9. The number of anilines is 1. The fourth-order valence-corrected chi connectivity index (χ4v) is 4.36. The molecule has 32 heavy (non-hydrogen) atoms. The third-order valence-corrected chi connectivity index (χ3v) is 5.69. The van der Waals surface area contributed by atoms with Crippen LogP contribution in [0.1, 0.15) is 17.1 Å². The number of nitrogen functional groups attached to an aromatic ring is 1. The molecule has 0 saturated carbocycles. The minimum Gasteiger partial charge on any atom is -0.369 e. The van der Waals surface area contributed by atoms with Crippen molar-refractivity contribution in [1.29, 1.82) is 0 Å². The van der Waals surface area contributed by atoms with Crippen molar-refractivity contribution in [1.82, 2.24) is 39.6 Å². The average Bonchev–Trinajstić information content (AvgIpc) is 3.31. The molecule has 4 aromatic heterocycles. The van der Waals surface area contributed by atoms with E-state index in [1.165, 1.54) is 9.08 Å². The second kappa shape index (κ2) is 7.82. The molecule has 0 aliphatic carbocycles. The molecular formula is C21H18IN9O. The number of hydrogen-bond donors (Lipinski definition) is 2. The molecule has 11 heteroatoms. The SMILES string of the molecule is Cc1cc(-c2c(-c3ccccc3)nc(N)n3c(=O)n(Cc4nn[nH]c4C)nc23)cc(I)n1. The lowest BCUT2D eigenvalue weighted by Crippen LogP contribution is -2.24. The maximum atomic E-state index is 13.2. The molecule has 5 aromatic rings. The number of nitrogens with one attached hydrogen (secondary N) is 1. The van der Waals surface area contributed by atoms with Gasteiger partial charge in [0.1, 0.15) is 9.39 Å². The highest BCUT2D eigenvalue weighted by atomic mass is 127. The molecule has 10 nitrogen and oxygen atoms in total. The van der Waals surface area contributed by atoms with Gasteiger partial charge in [-0.05, 0) is 54.1 Å². The van der Waals surface area contributed by atoms with Gasteiger partial charge >= 0.3 is 5.69 Å². The molecule has 5 rings (SSSR count). The summed E-state index contributed by atoms with van der Waals surface area (Å²) in [6.07, 6.45) is 0. The van der Waals surface area contributed by atoms with Gasteiger partial charge in [0.05, 0.1) is 23.5 Å². The predicted molar refractivity (Wildman–Crippen MR) is 128 cm³/mol. The van der Waals surface area contributed by atoms with Crippen LogP contribution < -0.4 is 11.4 Å². The summed E-state index contributed by atoms with van der Waals surface area (Å²) >= 11 is 2.18. The Balaban J connectivity index is 1.84. The molecule has 4 heterocycles. The number of rotatable bonds is 4. The lowest BCUT2D eigenvalue weighted by Gasteiger charge is -2.12. The van der Waals surface area contributed by atoms with Crippen LogP contribution in [-0.2, 0) is 6.54 Å². The van der Waals surface area contributed by atoms with Gasteiger partial charge in [-0.2, -0.15) is 0 Å². The minimum atomic E-state index is -0.395. The fraction of sp³-hybridized carbons (Fsp3) is 0.143. The quantitative estimate of drug-likeness (QED) is 0.265. The molecule has 0 fully saturated rings. The van der Waals surface area contributed by atoms with E-state index in [1.807, 2.05) is 56.3 Å². The molecule has 3 N–H and O–H groups in total. The van der Waals surface area contributed by atoms with Crippen molar-refractivity contribution < 1.29 is 0 Å². The molecule has 0 aliphatic rings. The Hall–Kier alpha value is -3.61. The van der Waals surface area contributed by atoms with Gasteiger partial charge in [0.25, 0.3) is 0 Å². The Morgan fingerprint density at radius 2 is 1.88 bits per heavy atom. The van der Waals surface area contributed by atoms with Crippen molar-refractivity contribution in [3.8, 4) is 22.4 Å². The van der Waals surface area contributed by atoms with Crippen LogP contribution in [-0.4, -0.2) is 39.6 Å². The van der Waals surface area contributed by atoms with E-state index < -0.39 is 5.69 Å². The van der Waals surface area contributed by atoms with E-state index in [0.29, 0.717) is 22.6 Å². The molecule has 0 saturated heterocycles. The van der Waals surface area contributed by atoms with E-state index >= 15 is 0 Å². The number of aromatic nitrogens is 8. The van der Waals surface area contributed by atoms with E-state index in [2.05, 4.69) is 53.1 Å². The minimum absolute atomic E-state index is 0.0659. The highest BCUT2D eigenvalue weighted by Gasteiger charge is 2.22. The second-order valence-corrected chi connectivity index (χ2v) is 8.47. The van der Waals surface area contributed by atoms with Crippen molar-refractivity contribution in [2.45, 2.75) is 20.4 Å². The van der Waals surface area contributed by atoms with Crippen LogP contribution in [0.4, 0.5) is 5.95 Å². The first kappa shape index (κ1) is 20.3. The van der Waals surface area contributed by atoms with Crippen molar-refractivity contribution in [2.75, 3.05) is 5.73 Å². The van der Waals surface area contributed by atoms with Crippen molar-refractivity contribution in [2.24, 2.45) is 0 Å². The van der Waals surface area contributed by atoms with Crippen LogP contribution >= 0.6 is 22.6 Å². The number of nitrogens with zero attached hydrogens (tertiary/aromatic N) is 7. The molecule has 0 radical (unpaired) electrons. The summed E-state index contributed by atoms with van der Waals surface area (Å²) in [5.74, 6) is 0.0659. The van der Waals surface area contributed by atoms with E-state index in [1.54, 1.807) is 0 Å². The predicted octanol–water partition coefficient (Wildman–Crippen LogP) is 2.59. The lowest BCUT2D eigenvalue weighted by molar-refractivity contribution is 0.642. The molecule has 0 spiro atoms. The maximum absolute atomic E-state index is 13.2. The topological polar surface area (TPSA) is 133 Å². The van der Waals surface area contributed by atoms with Gasteiger partial charge in [0.2, 0.25) is 5.95 Å². The van der Waals surface area contributed by atoms with Gasteiger partial charge in [-0.25, -0.2) is 23.8 Å². The van der Waals surface area contributed by atoms with Gasteiger partial charge in [-0.1, -0.05) is 35.5 Å². The lowest BCUT2D eigenvalue weighted by atomic mass is 10.0. The van der Waals surface area contributed by atoms with Gasteiger partial charge in [0.15, 0.2) is 5.65 Å². The van der Waals surface area contributed by atoms with Gasteiger partial charge < -0.3 is 5.73 Å². The maximum Gasteiger partial charge on any atom is 0.353 e. The van der Waals surface area contributed by atoms with Crippen LogP contribution in [0.25, 0.3) is 28.0 Å². The largest absolute Gasteiger partial charge is 0.369 e. The zero-order valence-corrected chi connectivity index (χ0v) is 19.4. The van der Waals surface area contributed by atoms with E-state index in [-0.39, 0.29) is 12.5 Å². The zero-order valence-electron chi connectivity index (χ0n) is 17.2. The summed E-state index contributed by atoms with van der Waals surface area (Å²) < 4.78 is 3.49. The van der Waals surface area contributed by atoms with Crippen LogP contribution in [0.15, 0.2) is 47.3 Å². The molecule has 0 unspecified atom stereocenters. The average molecular weight is 539 g/mol. The Morgan fingerprint density at radius 3 is 2.56 bits per heavy atom. The number of fused-ring (bicyclic) bond motifs is 1. The summed E-state index contributed by atoms with van der Waals surface area (Å²) in [4.78, 5) is 22.3. The van der Waals surface area contributed by atoms with Crippen molar-refractivity contribution in [3.63, 3.8) is 0 Å². The highest BCUT2D eigenvalue weighted by molar-refractivity contribution is 14.1. The molecule has 0 amide bonds. The van der Waals surface area contributed by atoms with Gasteiger partial charge in [-0.3, -0.25) is 5.10 Å². The molecule has 0 aliphatic heterocycles. The summed E-state index contributed by atoms with van der Waals surface area (Å²) in [6.45, 7) is 3.93. The summed E-state index contributed by atoms with van der Waals surface area (Å²) in [7, 11) is 0. The van der Waals surface area contributed by atoms with E-state index in [4.69, 9.17) is 5.73 Å². The number of hydrogen-bond acceptors (Lipinski definition) is 7. The fourth-order valence-electron chi connectivity index (χ4n) is 3.64. The smallest absolute Gasteiger partial charge is 0.353 e. The van der Waals surface area contributed by atoms with Gasteiger partial charge in [0, 0.05) is 11.3 Å². The molecular weight excluding hydrogens is 521 g/mol. The van der Waals surface area contributed by atoms with Crippen LogP contribution in [0.3, 0.4) is 0 Å². The third-order valence-electron chi connectivity index (χ3n) is 5.13. The first-order valence-electron chi connectivity index (χ1n) is 9.78. The first-order chi connectivity index (χ1) is 15.4. The van der Waals surface area contributed by atoms with Crippen LogP contribution in [0, 0.1) is 17.5 Å². The van der Waals surface area contributed by atoms with E-state index in [9.17, 15) is 4.79 Å². The standard InChI is InChI=1S/C21H18IN9O/c1-11-8-14(9-16(22)24-11)17-18(13-6-4-3-5-7-13)25-20(23)31-19(17)28-30(21(31)32)10-15-12(2)26-29-27-15/h3-9H,10H2,1-2H3,(H2,23,25)(H,26,27,29). The number of aromatic amines is 1. The number of H-pyrrole nitrogens is 1. The number of benzene rings is 1. The molecule has 0 atom stereocenters. The Bertz CT molecular complexity index is 1500. The Labute approximate surface area is 195 Å². The van der Waals surface area contributed by atoms with Crippen LogP contribution in [0.5, 0.6) is 0 Å². The third kappa shape index (κ3) is 3.43. The Kier molecular flexibility index (Phi) is 4.96. The summed E-state index contributed by atoms with van der Waals surface area (Å²) in [5, 5.41) is 15.3. The number of pyridine rings is 1. The number of aryl methyl sites for hydroxylation is 2. The number of halogens is 1.